The second-order valence-electron chi connectivity index (χ2n) is 5.97. The van der Waals surface area contributed by atoms with Crippen molar-refractivity contribution in [2.45, 2.75) is 46.0 Å². The molecule has 18 heavy (non-hydrogen) atoms. The molecule has 0 amide bonds. The highest BCUT2D eigenvalue weighted by Crippen LogP contribution is 2.33. The highest BCUT2D eigenvalue weighted by Gasteiger charge is 2.29. The largest absolute Gasteiger partial charge is 0.368 e. The van der Waals surface area contributed by atoms with Crippen molar-refractivity contribution < 1.29 is 0 Å². The molecule has 0 bridgehead atoms. The average molecular weight is 266 g/mol. The number of nitrogens with zero attached hydrogens (tertiary/aromatic N) is 1. The van der Waals surface area contributed by atoms with Crippen LogP contribution < -0.4 is 4.90 Å². The van der Waals surface area contributed by atoms with Crippen LogP contribution in [0, 0.1) is 18.8 Å². The molecular weight excluding hydrogens is 242 g/mol. The van der Waals surface area contributed by atoms with Crippen LogP contribution in [0.15, 0.2) is 18.2 Å². The van der Waals surface area contributed by atoms with Gasteiger partial charge in [0, 0.05) is 24.2 Å². The predicted molar refractivity (Wildman–Crippen MR) is 80.5 cm³/mol. The Labute approximate surface area is 116 Å². The molecular formula is C16H24ClN. The van der Waals surface area contributed by atoms with Gasteiger partial charge in [-0.15, -0.1) is 11.6 Å². The molecule has 3 unspecified atom stereocenters. The van der Waals surface area contributed by atoms with Crippen LogP contribution in [0.2, 0.25) is 0 Å². The van der Waals surface area contributed by atoms with Gasteiger partial charge in [0.2, 0.25) is 0 Å². The molecule has 2 rings (SSSR count). The van der Waals surface area contributed by atoms with Crippen molar-refractivity contribution in [1.29, 1.82) is 0 Å². The van der Waals surface area contributed by atoms with E-state index in [1.54, 1.807) is 0 Å². The van der Waals surface area contributed by atoms with Crippen LogP contribution in [0.4, 0.5) is 5.69 Å². The molecule has 1 aliphatic heterocycles. The Morgan fingerprint density at radius 3 is 2.61 bits per heavy atom. The number of hydrogen-bond donors (Lipinski definition) is 0. The fraction of sp³-hybridized carbons (Fsp3) is 0.625. The van der Waals surface area contributed by atoms with Crippen LogP contribution in [-0.2, 0) is 5.88 Å². The summed E-state index contributed by atoms with van der Waals surface area (Å²) < 4.78 is 0. The first-order valence-corrected chi connectivity index (χ1v) is 7.48. The second-order valence-corrected chi connectivity index (χ2v) is 6.23. The summed E-state index contributed by atoms with van der Waals surface area (Å²) in [7, 11) is 0. The third-order valence-electron chi connectivity index (χ3n) is 4.32. The highest BCUT2D eigenvalue weighted by molar-refractivity contribution is 6.17. The van der Waals surface area contributed by atoms with Gasteiger partial charge in [0.1, 0.15) is 0 Å². The predicted octanol–water partition coefficient (Wildman–Crippen LogP) is 4.60. The van der Waals surface area contributed by atoms with Crippen LogP contribution >= 0.6 is 11.6 Å². The van der Waals surface area contributed by atoms with Crippen molar-refractivity contribution in [3.05, 3.63) is 29.3 Å². The Kier molecular flexibility index (Phi) is 4.21. The van der Waals surface area contributed by atoms with Crippen LogP contribution in [0.1, 0.15) is 38.3 Å². The Balaban J connectivity index is 2.29. The SMILES string of the molecule is Cc1cc(CCl)ccc1N1CC(C)CC(C)C1C. The van der Waals surface area contributed by atoms with Gasteiger partial charge < -0.3 is 4.90 Å². The fourth-order valence-electron chi connectivity index (χ4n) is 3.16. The van der Waals surface area contributed by atoms with Crippen molar-refractivity contribution in [3.63, 3.8) is 0 Å². The minimum Gasteiger partial charge on any atom is -0.368 e. The summed E-state index contributed by atoms with van der Waals surface area (Å²) >= 11 is 5.90. The molecule has 0 saturated carbocycles. The zero-order valence-electron chi connectivity index (χ0n) is 11.9. The minimum atomic E-state index is 0.601. The molecule has 2 heteroatoms. The van der Waals surface area contributed by atoms with Crippen LogP contribution in [0.25, 0.3) is 0 Å². The van der Waals surface area contributed by atoms with Crippen LogP contribution in [0.3, 0.4) is 0 Å². The van der Waals surface area contributed by atoms with E-state index in [0.717, 1.165) is 11.8 Å². The fourth-order valence-corrected chi connectivity index (χ4v) is 3.32. The van der Waals surface area contributed by atoms with Crippen molar-refractivity contribution in [1.82, 2.24) is 0 Å². The molecule has 100 valence electrons. The summed E-state index contributed by atoms with van der Waals surface area (Å²) in [4.78, 5) is 2.58. The lowest BCUT2D eigenvalue weighted by molar-refractivity contribution is 0.297. The lowest BCUT2D eigenvalue weighted by atomic mass is 9.85. The molecule has 1 saturated heterocycles. The molecule has 0 aromatic heterocycles. The first-order valence-electron chi connectivity index (χ1n) is 6.95. The van der Waals surface area contributed by atoms with Gasteiger partial charge in [-0.3, -0.25) is 0 Å². The molecule has 1 fully saturated rings. The molecule has 1 aromatic rings. The molecule has 0 spiro atoms. The first-order chi connectivity index (χ1) is 8.52. The topological polar surface area (TPSA) is 3.24 Å². The van der Waals surface area contributed by atoms with E-state index in [1.807, 2.05) is 0 Å². The smallest absolute Gasteiger partial charge is 0.0474 e. The number of anilines is 1. The van der Waals surface area contributed by atoms with E-state index in [-0.39, 0.29) is 0 Å². The van der Waals surface area contributed by atoms with E-state index in [9.17, 15) is 0 Å². The zero-order valence-corrected chi connectivity index (χ0v) is 12.7. The van der Waals surface area contributed by atoms with E-state index in [1.165, 1.54) is 29.8 Å². The normalized spacial score (nSPS) is 28.5. The van der Waals surface area contributed by atoms with E-state index in [2.05, 4.69) is 50.8 Å². The van der Waals surface area contributed by atoms with E-state index in [4.69, 9.17) is 11.6 Å². The number of aryl methyl sites for hydroxylation is 1. The van der Waals surface area contributed by atoms with E-state index in [0.29, 0.717) is 11.9 Å². The van der Waals surface area contributed by atoms with Gasteiger partial charge in [0.25, 0.3) is 0 Å². The second kappa shape index (κ2) is 5.52. The van der Waals surface area contributed by atoms with Gasteiger partial charge in [0.05, 0.1) is 0 Å². The molecule has 1 heterocycles. The van der Waals surface area contributed by atoms with Crippen molar-refractivity contribution in [2.75, 3.05) is 11.4 Å². The number of alkyl halides is 1. The van der Waals surface area contributed by atoms with Gasteiger partial charge in [0.15, 0.2) is 0 Å². The molecule has 0 N–H and O–H groups in total. The van der Waals surface area contributed by atoms with Crippen molar-refractivity contribution >= 4 is 17.3 Å². The number of rotatable bonds is 2. The Morgan fingerprint density at radius 2 is 2.00 bits per heavy atom. The van der Waals surface area contributed by atoms with Crippen molar-refractivity contribution in [3.8, 4) is 0 Å². The number of halogens is 1. The van der Waals surface area contributed by atoms with Gasteiger partial charge in [-0.1, -0.05) is 26.0 Å². The molecule has 1 nitrogen and oxygen atoms in total. The van der Waals surface area contributed by atoms with Gasteiger partial charge in [-0.25, -0.2) is 0 Å². The van der Waals surface area contributed by atoms with Crippen LogP contribution in [0.5, 0.6) is 0 Å². The van der Waals surface area contributed by atoms with Gasteiger partial charge in [-0.05, 0) is 49.3 Å². The van der Waals surface area contributed by atoms with Gasteiger partial charge in [-0.2, -0.15) is 0 Å². The third kappa shape index (κ3) is 2.66. The first kappa shape index (κ1) is 13.7. The van der Waals surface area contributed by atoms with Gasteiger partial charge >= 0.3 is 0 Å². The Morgan fingerprint density at radius 1 is 1.28 bits per heavy atom. The molecule has 0 aliphatic carbocycles. The Hall–Kier alpha value is -0.690. The lowest BCUT2D eigenvalue weighted by Gasteiger charge is -2.43. The summed E-state index contributed by atoms with van der Waals surface area (Å²) in [5.74, 6) is 2.15. The highest BCUT2D eigenvalue weighted by atomic mass is 35.5. The molecule has 1 aromatic carbocycles. The summed E-state index contributed by atoms with van der Waals surface area (Å²) in [5, 5.41) is 0. The monoisotopic (exact) mass is 265 g/mol. The van der Waals surface area contributed by atoms with Crippen molar-refractivity contribution in [2.24, 2.45) is 11.8 Å². The maximum Gasteiger partial charge on any atom is 0.0474 e. The molecule has 3 atom stereocenters. The standard InChI is InChI=1S/C16H24ClN/c1-11-7-12(2)14(4)18(10-11)16-6-5-15(9-17)8-13(16)3/h5-6,8,11-12,14H,7,9-10H2,1-4H3. The lowest BCUT2D eigenvalue weighted by Crippen LogP contribution is -2.46. The summed E-state index contributed by atoms with van der Waals surface area (Å²) in [6.07, 6.45) is 1.34. The number of piperidine rings is 1. The summed E-state index contributed by atoms with van der Waals surface area (Å²) in [6, 6.07) is 7.25. The maximum atomic E-state index is 5.90. The summed E-state index contributed by atoms with van der Waals surface area (Å²) in [5.41, 5.74) is 3.94. The zero-order chi connectivity index (χ0) is 13.3. The quantitative estimate of drug-likeness (QED) is 0.706. The molecule has 1 aliphatic rings. The maximum absolute atomic E-state index is 5.90. The number of hydrogen-bond acceptors (Lipinski definition) is 1. The van der Waals surface area contributed by atoms with E-state index >= 15 is 0 Å². The average Bonchev–Trinajstić information content (AvgIpc) is 2.34. The number of benzene rings is 1. The minimum absolute atomic E-state index is 0.601. The Bertz CT molecular complexity index is 416. The van der Waals surface area contributed by atoms with E-state index < -0.39 is 0 Å². The summed E-state index contributed by atoms with van der Waals surface area (Å²) in [6.45, 7) is 10.5. The third-order valence-corrected chi connectivity index (χ3v) is 4.63. The molecule has 0 radical (unpaired) electrons. The van der Waals surface area contributed by atoms with Crippen LogP contribution in [-0.4, -0.2) is 12.6 Å².